The molecule has 7 nitrogen and oxygen atoms in total. The van der Waals surface area contributed by atoms with Crippen LogP contribution in [0, 0.1) is 5.92 Å². The van der Waals surface area contributed by atoms with E-state index in [1.807, 2.05) is 6.92 Å². The predicted molar refractivity (Wildman–Crippen MR) is 94.0 cm³/mol. The van der Waals surface area contributed by atoms with Crippen molar-refractivity contribution in [3.05, 3.63) is 29.8 Å². The molecule has 0 heterocycles. The number of carboxylic acids is 1. The fourth-order valence-electron chi connectivity index (χ4n) is 1.70. The SMILES string of the molecule is CCCCC(CC)COS(=O)(=O)[O-].Cl.Nc1ccc(C(=O)O)cc1.[Na+]. The van der Waals surface area contributed by atoms with Crippen LogP contribution in [0.25, 0.3) is 0 Å². The van der Waals surface area contributed by atoms with E-state index >= 15 is 0 Å². The molecule has 0 spiro atoms. The van der Waals surface area contributed by atoms with Gasteiger partial charge in [0, 0.05) is 5.69 Å². The van der Waals surface area contributed by atoms with Crippen LogP contribution in [0.1, 0.15) is 49.9 Å². The first-order chi connectivity index (χ1) is 10.7. The van der Waals surface area contributed by atoms with E-state index in [0.29, 0.717) is 5.69 Å². The van der Waals surface area contributed by atoms with Crippen LogP contribution >= 0.6 is 12.4 Å². The minimum absolute atomic E-state index is 0. The number of benzene rings is 1. The van der Waals surface area contributed by atoms with Gasteiger partial charge in [0.15, 0.2) is 0 Å². The van der Waals surface area contributed by atoms with Crippen molar-refractivity contribution < 1.29 is 56.6 Å². The Labute approximate surface area is 178 Å². The summed E-state index contributed by atoms with van der Waals surface area (Å²) < 4.78 is 34.6. The van der Waals surface area contributed by atoms with E-state index in [9.17, 15) is 17.8 Å². The molecule has 0 bridgehead atoms. The van der Waals surface area contributed by atoms with E-state index in [1.54, 1.807) is 12.1 Å². The molecule has 25 heavy (non-hydrogen) atoms. The number of carbonyl (C=O) groups is 1. The van der Waals surface area contributed by atoms with Crippen LogP contribution in [0.4, 0.5) is 5.69 Å². The molecule has 0 aromatic heterocycles. The van der Waals surface area contributed by atoms with E-state index in [-0.39, 0.29) is 60.1 Å². The van der Waals surface area contributed by atoms with Crippen molar-refractivity contribution in [3.8, 4) is 0 Å². The Kier molecular flexibility index (Phi) is 18.7. The van der Waals surface area contributed by atoms with E-state index in [2.05, 4.69) is 11.1 Å². The van der Waals surface area contributed by atoms with Gasteiger partial charge in [-0.25, -0.2) is 13.2 Å². The number of unbranched alkanes of at least 4 members (excludes halogenated alkanes) is 1. The topological polar surface area (TPSA) is 130 Å². The van der Waals surface area contributed by atoms with Gasteiger partial charge in [0.2, 0.25) is 10.4 Å². The van der Waals surface area contributed by atoms with Gasteiger partial charge in [-0.1, -0.05) is 33.1 Å². The van der Waals surface area contributed by atoms with Crippen molar-refractivity contribution in [1.82, 2.24) is 0 Å². The zero-order valence-electron chi connectivity index (χ0n) is 14.8. The van der Waals surface area contributed by atoms with Crippen LogP contribution in [0.5, 0.6) is 0 Å². The zero-order valence-corrected chi connectivity index (χ0v) is 18.4. The normalized spacial score (nSPS) is 11.2. The van der Waals surface area contributed by atoms with Crippen molar-refractivity contribution >= 4 is 34.5 Å². The van der Waals surface area contributed by atoms with Gasteiger partial charge in [-0.05, 0) is 36.6 Å². The molecule has 1 unspecified atom stereocenters. The summed E-state index contributed by atoms with van der Waals surface area (Å²) in [6.45, 7) is 4.06. The molecular weight excluding hydrogens is 381 g/mol. The van der Waals surface area contributed by atoms with Crippen LogP contribution in [0.15, 0.2) is 24.3 Å². The first-order valence-electron chi connectivity index (χ1n) is 7.38. The van der Waals surface area contributed by atoms with Gasteiger partial charge in [-0.2, -0.15) is 0 Å². The molecule has 3 N–H and O–H groups in total. The van der Waals surface area contributed by atoms with Crippen LogP contribution in [-0.4, -0.2) is 30.7 Å². The molecule has 0 saturated carbocycles. The number of hydrogen-bond donors (Lipinski definition) is 2. The van der Waals surface area contributed by atoms with Crippen molar-refractivity contribution in [1.29, 1.82) is 0 Å². The van der Waals surface area contributed by atoms with Gasteiger partial charge in [0.25, 0.3) is 0 Å². The zero-order chi connectivity index (χ0) is 17.9. The maximum atomic E-state index is 10.3. The fraction of sp³-hybridized carbons (Fsp3) is 0.533. The van der Waals surface area contributed by atoms with Crippen LogP contribution in [0.3, 0.4) is 0 Å². The number of halogens is 1. The second kappa shape index (κ2) is 15.9. The second-order valence-electron chi connectivity index (χ2n) is 5.04. The van der Waals surface area contributed by atoms with Crippen molar-refractivity contribution in [2.24, 2.45) is 5.92 Å². The predicted octanol–water partition coefficient (Wildman–Crippen LogP) is 0.0724. The Bertz CT molecular complexity index is 568. The Hall–Kier alpha value is -0.350. The van der Waals surface area contributed by atoms with E-state index in [4.69, 9.17) is 10.8 Å². The first kappa shape index (κ1) is 29.4. The van der Waals surface area contributed by atoms with E-state index in [0.717, 1.165) is 25.7 Å². The number of aromatic carboxylic acids is 1. The number of hydrogen-bond acceptors (Lipinski definition) is 6. The van der Waals surface area contributed by atoms with Gasteiger partial charge in [-0.3, -0.25) is 4.18 Å². The summed E-state index contributed by atoms with van der Waals surface area (Å²) in [5.74, 6) is -0.747. The average molecular weight is 406 g/mol. The largest absolute Gasteiger partial charge is 1.00 e. The standard InChI is InChI=1S/C8H18O4S.C7H7NO2.ClH.Na/c1-3-5-6-8(4-2)7-12-13(9,10)11;8-6-3-1-5(2-4-6)7(9)10;;/h8H,3-7H2,1-2H3,(H,9,10,11);1-4H,8H2,(H,9,10);1H;/q;;;+1/p-1. The summed E-state index contributed by atoms with van der Waals surface area (Å²) in [6.07, 6.45) is 3.87. The molecule has 0 aliphatic heterocycles. The van der Waals surface area contributed by atoms with Crippen LogP contribution in [0.2, 0.25) is 0 Å². The monoisotopic (exact) mass is 405 g/mol. The molecule has 0 fully saturated rings. The van der Waals surface area contributed by atoms with Crippen molar-refractivity contribution in [3.63, 3.8) is 0 Å². The van der Waals surface area contributed by atoms with Gasteiger partial charge >= 0.3 is 35.5 Å². The maximum absolute atomic E-state index is 10.3. The summed E-state index contributed by atoms with van der Waals surface area (Å²) in [7, 11) is -4.50. The summed E-state index contributed by atoms with van der Waals surface area (Å²) in [4.78, 5) is 10.3. The molecular formula is C15H25ClNNaO6S. The molecule has 0 aliphatic rings. The van der Waals surface area contributed by atoms with Gasteiger partial charge in [0.05, 0.1) is 12.2 Å². The Morgan fingerprint density at radius 3 is 2.16 bits per heavy atom. The number of rotatable bonds is 8. The van der Waals surface area contributed by atoms with E-state index in [1.165, 1.54) is 12.1 Å². The number of nitrogens with two attached hydrogens (primary N) is 1. The van der Waals surface area contributed by atoms with Crippen molar-refractivity contribution in [2.45, 2.75) is 39.5 Å². The van der Waals surface area contributed by atoms with Gasteiger partial charge in [0.1, 0.15) is 0 Å². The smallest absolute Gasteiger partial charge is 0.726 e. The third-order valence-electron chi connectivity index (χ3n) is 3.15. The Balaban J connectivity index is -0.000000367. The molecule has 0 saturated heterocycles. The minimum atomic E-state index is -4.50. The molecule has 10 heteroatoms. The quantitative estimate of drug-likeness (QED) is 0.271. The van der Waals surface area contributed by atoms with Crippen LogP contribution in [-0.2, 0) is 14.6 Å². The second-order valence-corrected chi connectivity index (χ2v) is 6.09. The summed E-state index contributed by atoms with van der Waals surface area (Å²) in [5, 5.41) is 8.43. The van der Waals surface area contributed by atoms with Gasteiger partial charge < -0.3 is 15.4 Å². The molecule has 1 aromatic rings. The Morgan fingerprint density at radius 2 is 1.80 bits per heavy atom. The summed E-state index contributed by atoms with van der Waals surface area (Å²) >= 11 is 0. The molecule has 1 rings (SSSR count). The number of nitrogen functional groups attached to an aromatic ring is 1. The molecule has 0 amide bonds. The molecule has 0 aliphatic carbocycles. The maximum Gasteiger partial charge on any atom is 1.00 e. The van der Waals surface area contributed by atoms with Crippen LogP contribution < -0.4 is 35.3 Å². The third-order valence-corrected chi connectivity index (χ3v) is 3.57. The summed E-state index contributed by atoms with van der Waals surface area (Å²) in [6, 6.07) is 6.06. The Morgan fingerprint density at radius 1 is 1.28 bits per heavy atom. The molecule has 1 atom stereocenters. The summed E-state index contributed by atoms with van der Waals surface area (Å²) in [5.41, 5.74) is 6.17. The molecule has 140 valence electrons. The van der Waals surface area contributed by atoms with Gasteiger partial charge in [-0.15, -0.1) is 12.4 Å². The molecule has 1 aromatic carbocycles. The molecule has 0 radical (unpaired) electrons. The fourth-order valence-corrected chi connectivity index (χ4v) is 2.06. The first-order valence-corrected chi connectivity index (χ1v) is 8.72. The average Bonchev–Trinajstić information content (AvgIpc) is 2.47. The van der Waals surface area contributed by atoms with E-state index < -0.39 is 16.4 Å². The number of anilines is 1. The minimum Gasteiger partial charge on any atom is -0.726 e. The van der Waals surface area contributed by atoms with Crippen molar-refractivity contribution in [2.75, 3.05) is 12.3 Å². The number of carboxylic acid groups (broad SMARTS) is 1. The third kappa shape index (κ3) is 16.8.